The minimum absolute atomic E-state index is 0.179. The Morgan fingerprint density at radius 1 is 1.42 bits per heavy atom. The van der Waals surface area contributed by atoms with Gasteiger partial charge in [-0.05, 0) is 32.0 Å². The number of hydrogen-bond donors (Lipinski definition) is 2. The van der Waals surface area contributed by atoms with Crippen LogP contribution in [-0.4, -0.2) is 15.7 Å². The highest BCUT2D eigenvalue weighted by Gasteiger charge is 2.12. The number of halogens is 1. The first-order valence-corrected chi connectivity index (χ1v) is 6.67. The number of nitrogens with zero attached hydrogens (tertiary/aromatic N) is 2. The maximum Gasteiger partial charge on any atom is 0.256 e. The summed E-state index contributed by atoms with van der Waals surface area (Å²) in [6.45, 7) is 4.00. The quantitative estimate of drug-likeness (QED) is 0.853. The summed E-state index contributed by atoms with van der Waals surface area (Å²) < 4.78 is 2.52. The van der Waals surface area contributed by atoms with Crippen LogP contribution in [0.25, 0.3) is 0 Å². The van der Waals surface area contributed by atoms with Crippen LogP contribution in [0.15, 0.2) is 34.9 Å². The van der Waals surface area contributed by atoms with E-state index in [2.05, 4.69) is 26.3 Å². The molecule has 0 saturated carbocycles. The van der Waals surface area contributed by atoms with E-state index < -0.39 is 0 Å². The minimum atomic E-state index is -0.213. The van der Waals surface area contributed by atoms with E-state index in [-0.39, 0.29) is 11.9 Å². The summed E-state index contributed by atoms with van der Waals surface area (Å²) in [5.41, 5.74) is 6.76. The second-order valence-corrected chi connectivity index (χ2v) is 5.40. The fourth-order valence-corrected chi connectivity index (χ4v) is 2.27. The molecule has 0 unspecified atom stereocenters. The highest BCUT2D eigenvalue weighted by Crippen LogP contribution is 2.19. The summed E-state index contributed by atoms with van der Waals surface area (Å²) in [6.07, 6.45) is 1.66. The van der Waals surface area contributed by atoms with Gasteiger partial charge in [0.25, 0.3) is 5.91 Å². The molecule has 6 heteroatoms. The monoisotopic (exact) mass is 322 g/mol. The van der Waals surface area contributed by atoms with Gasteiger partial charge in [0.15, 0.2) is 0 Å². The molecule has 1 aromatic heterocycles. The molecule has 0 atom stereocenters. The molecule has 1 amide bonds. The summed E-state index contributed by atoms with van der Waals surface area (Å²) in [4.78, 5) is 12.2. The predicted octanol–water partition coefficient (Wildman–Crippen LogP) is 3.06. The van der Waals surface area contributed by atoms with Crippen molar-refractivity contribution >= 4 is 33.3 Å². The lowest BCUT2D eigenvalue weighted by molar-refractivity contribution is 0.102. The Kier molecular flexibility index (Phi) is 3.90. The number of rotatable bonds is 3. The largest absolute Gasteiger partial charge is 0.399 e. The van der Waals surface area contributed by atoms with Gasteiger partial charge < -0.3 is 11.1 Å². The van der Waals surface area contributed by atoms with Crippen molar-refractivity contribution in [3.05, 3.63) is 40.5 Å². The number of nitrogen functional groups attached to an aromatic ring is 1. The summed E-state index contributed by atoms with van der Waals surface area (Å²) in [7, 11) is 0. The molecular weight excluding hydrogens is 308 g/mol. The summed E-state index contributed by atoms with van der Waals surface area (Å²) in [5.74, 6) is 0.453. The Bertz CT molecular complexity index is 586. The molecular formula is C13H15BrN4O. The van der Waals surface area contributed by atoms with Crippen LogP contribution >= 0.6 is 15.9 Å². The van der Waals surface area contributed by atoms with Crippen molar-refractivity contribution in [3.63, 3.8) is 0 Å². The van der Waals surface area contributed by atoms with Gasteiger partial charge in [-0.25, -0.2) is 4.68 Å². The first-order chi connectivity index (χ1) is 8.97. The number of anilines is 2. The minimum Gasteiger partial charge on any atom is -0.399 e. The molecule has 0 fully saturated rings. The molecule has 0 bridgehead atoms. The van der Waals surface area contributed by atoms with E-state index in [1.165, 1.54) is 0 Å². The number of hydrogen-bond acceptors (Lipinski definition) is 3. The van der Waals surface area contributed by atoms with Gasteiger partial charge in [-0.2, -0.15) is 5.10 Å². The van der Waals surface area contributed by atoms with E-state index in [4.69, 9.17) is 5.73 Å². The van der Waals surface area contributed by atoms with Gasteiger partial charge in [0.05, 0.1) is 6.20 Å². The second kappa shape index (κ2) is 5.44. The molecule has 1 aromatic carbocycles. The summed E-state index contributed by atoms with van der Waals surface area (Å²) in [6, 6.07) is 7.05. The molecule has 0 aliphatic carbocycles. The van der Waals surface area contributed by atoms with Crippen molar-refractivity contribution in [2.75, 3.05) is 11.1 Å². The molecule has 0 saturated heterocycles. The Balaban J connectivity index is 2.23. The van der Waals surface area contributed by atoms with Gasteiger partial charge in [0.2, 0.25) is 0 Å². The maximum atomic E-state index is 12.2. The molecule has 3 N–H and O–H groups in total. The van der Waals surface area contributed by atoms with Crippen LogP contribution in [-0.2, 0) is 0 Å². The molecule has 2 rings (SSSR count). The molecule has 0 radical (unpaired) electrons. The van der Waals surface area contributed by atoms with E-state index in [1.807, 2.05) is 13.8 Å². The predicted molar refractivity (Wildman–Crippen MR) is 79.1 cm³/mol. The zero-order valence-electron chi connectivity index (χ0n) is 10.7. The number of carbonyl (C=O) groups excluding carboxylic acids is 1. The van der Waals surface area contributed by atoms with E-state index >= 15 is 0 Å². The van der Waals surface area contributed by atoms with Crippen molar-refractivity contribution in [3.8, 4) is 0 Å². The molecule has 100 valence electrons. The van der Waals surface area contributed by atoms with Gasteiger partial charge in [-0.3, -0.25) is 4.79 Å². The fraction of sp³-hybridized carbons (Fsp3) is 0.231. The van der Waals surface area contributed by atoms with Gasteiger partial charge in [0, 0.05) is 27.8 Å². The Hall–Kier alpha value is -1.82. The third kappa shape index (κ3) is 3.14. The number of amides is 1. The SMILES string of the molecule is CC(C)n1nccc1NC(=O)c1cc(N)cc(Br)c1. The van der Waals surface area contributed by atoms with E-state index in [1.54, 1.807) is 35.1 Å². The van der Waals surface area contributed by atoms with Crippen molar-refractivity contribution in [2.45, 2.75) is 19.9 Å². The molecule has 19 heavy (non-hydrogen) atoms. The van der Waals surface area contributed by atoms with E-state index in [0.717, 1.165) is 4.47 Å². The van der Waals surface area contributed by atoms with Crippen LogP contribution in [0.1, 0.15) is 30.2 Å². The van der Waals surface area contributed by atoms with Crippen molar-refractivity contribution in [1.82, 2.24) is 9.78 Å². The Labute approximate surface area is 119 Å². The molecule has 1 heterocycles. The lowest BCUT2D eigenvalue weighted by Crippen LogP contribution is -2.17. The number of nitrogens with two attached hydrogens (primary N) is 1. The van der Waals surface area contributed by atoms with Gasteiger partial charge in [-0.15, -0.1) is 0 Å². The summed E-state index contributed by atoms with van der Waals surface area (Å²) >= 11 is 3.32. The zero-order valence-corrected chi connectivity index (χ0v) is 12.3. The third-order valence-corrected chi connectivity index (χ3v) is 3.04. The van der Waals surface area contributed by atoms with Crippen LogP contribution in [0.4, 0.5) is 11.5 Å². The first-order valence-electron chi connectivity index (χ1n) is 5.88. The maximum absolute atomic E-state index is 12.2. The lowest BCUT2D eigenvalue weighted by atomic mass is 10.2. The van der Waals surface area contributed by atoms with Crippen LogP contribution in [0.3, 0.4) is 0 Å². The topological polar surface area (TPSA) is 72.9 Å². The van der Waals surface area contributed by atoms with Crippen LogP contribution in [0.2, 0.25) is 0 Å². The number of carbonyl (C=O) groups is 1. The number of aromatic nitrogens is 2. The first kappa shape index (κ1) is 13.6. The molecule has 0 aliphatic rings. The average Bonchev–Trinajstić information content (AvgIpc) is 2.75. The van der Waals surface area contributed by atoms with Crippen LogP contribution in [0.5, 0.6) is 0 Å². The smallest absolute Gasteiger partial charge is 0.256 e. The standard InChI is InChI=1S/C13H15BrN4O/c1-8(2)18-12(3-4-16-18)17-13(19)9-5-10(14)7-11(15)6-9/h3-8H,15H2,1-2H3,(H,17,19). The normalized spacial score (nSPS) is 10.7. The third-order valence-electron chi connectivity index (χ3n) is 2.58. The lowest BCUT2D eigenvalue weighted by Gasteiger charge is -2.12. The highest BCUT2D eigenvalue weighted by atomic mass is 79.9. The second-order valence-electron chi connectivity index (χ2n) is 4.48. The Morgan fingerprint density at radius 3 is 2.79 bits per heavy atom. The molecule has 5 nitrogen and oxygen atoms in total. The van der Waals surface area contributed by atoms with Gasteiger partial charge in [-0.1, -0.05) is 15.9 Å². The average molecular weight is 323 g/mol. The van der Waals surface area contributed by atoms with E-state index in [0.29, 0.717) is 17.1 Å². The Morgan fingerprint density at radius 2 is 2.16 bits per heavy atom. The zero-order chi connectivity index (χ0) is 14.0. The van der Waals surface area contributed by atoms with Gasteiger partial charge >= 0.3 is 0 Å². The van der Waals surface area contributed by atoms with Crippen molar-refractivity contribution in [1.29, 1.82) is 0 Å². The van der Waals surface area contributed by atoms with Crippen LogP contribution < -0.4 is 11.1 Å². The van der Waals surface area contributed by atoms with Crippen LogP contribution in [0, 0.1) is 0 Å². The number of benzene rings is 1. The molecule has 2 aromatic rings. The van der Waals surface area contributed by atoms with E-state index in [9.17, 15) is 4.79 Å². The van der Waals surface area contributed by atoms with Crippen molar-refractivity contribution < 1.29 is 4.79 Å². The fourth-order valence-electron chi connectivity index (χ4n) is 1.76. The van der Waals surface area contributed by atoms with Gasteiger partial charge in [0.1, 0.15) is 5.82 Å². The highest BCUT2D eigenvalue weighted by molar-refractivity contribution is 9.10. The summed E-state index contributed by atoms with van der Waals surface area (Å²) in [5, 5.41) is 6.99. The number of nitrogens with one attached hydrogen (secondary N) is 1. The van der Waals surface area contributed by atoms with Crippen molar-refractivity contribution in [2.24, 2.45) is 0 Å². The molecule has 0 spiro atoms. The molecule has 0 aliphatic heterocycles.